The van der Waals surface area contributed by atoms with Gasteiger partial charge in [0.05, 0.1) is 0 Å². The fraction of sp³-hybridized carbons (Fsp3) is 0. The van der Waals surface area contributed by atoms with Crippen LogP contribution in [0.4, 0.5) is 0 Å². The van der Waals surface area contributed by atoms with Crippen molar-refractivity contribution >= 4 is 48.6 Å². The Balaban J connectivity index is 0. The van der Waals surface area contributed by atoms with Gasteiger partial charge in [0.2, 0.25) is 0 Å². The molecule has 0 saturated carbocycles. The van der Waals surface area contributed by atoms with Gasteiger partial charge in [-0.25, -0.2) is 0 Å². The summed E-state index contributed by atoms with van der Waals surface area (Å²) in [5, 5.41) is 0. The summed E-state index contributed by atoms with van der Waals surface area (Å²) < 4.78 is 6.18. The third-order valence-electron chi connectivity index (χ3n) is 0. The number of hydrogen-bond donors (Lipinski definition) is 1. The quantitative estimate of drug-likeness (QED) is 0.327. The first-order valence-electron chi connectivity index (χ1n) is 0.899. The van der Waals surface area contributed by atoms with Crippen LogP contribution in [0, 0.1) is 0 Å². The first-order valence-corrected chi connectivity index (χ1v) is 8.45. The summed E-state index contributed by atoms with van der Waals surface area (Å²) in [5.41, 5.74) is 0. The van der Waals surface area contributed by atoms with E-state index < -0.39 is 21.0 Å². The molecule has 0 saturated heterocycles. The summed E-state index contributed by atoms with van der Waals surface area (Å²) in [4.78, 5) is 0.970. The van der Waals surface area contributed by atoms with Gasteiger partial charge in [-0.1, -0.05) is 0 Å². The molecule has 0 nitrogen and oxygen atoms in total. The summed E-state index contributed by atoms with van der Waals surface area (Å²) in [7, 11) is 3.57. The molecule has 0 aromatic carbocycles. The van der Waals surface area contributed by atoms with Gasteiger partial charge in [0.1, 0.15) is 0 Å². The van der Waals surface area contributed by atoms with Crippen LogP contribution in [0.25, 0.3) is 0 Å². The van der Waals surface area contributed by atoms with Crippen molar-refractivity contribution in [2.45, 2.75) is 0 Å². The molecule has 0 heterocycles. The summed E-state index contributed by atoms with van der Waals surface area (Å²) >= 11 is 5.96. The van der Waals surface area contributed by atoms with E-state index in [1.54, 1.807) is 0 Å². The monoisotopic (exact) mass is 353 g/mol. The van der Waals surface area contributed by atoms with E-state index in [4.69, 9.17) is 0.594 Å². The molecule has 0 bridgehead atoms. The van der Waals surface area contributed by atoms with Gasteiger partial charge < -0.3 is 0 Å². The number of rotatable bonds is 0. The Hall–Kier alpha value is 2.33. The second kappa shape index (κ2) is 16.2. The van der Waals surface area contributed by atoms with Crippen LogP contribution in [0.1, 0.15) is 0 Å². The van der Waals surface area contributed by atoms with Crippen molar-refractivity contribution in [1.29, 1.82) is 0.594 Å². The number of hydrogen-bond acceptors (Lipinski definition) is 2. The predicted molar refractivity (Wildman–Crippen MR) is 38.7 cm³/mol. The molecule has 0 aliphatic carbocycles. The number of thiol groups is 1. The van der Waals surface area contributed by atoms with E-state index in [1.807, 2.05) is 0 Å². The molecular weight excluding hydrogens is 349 g/mol. The van der Waals surface area contributed by atoms with E-state index in [0.29, 0.717) is 0 Å². The molecule has 0 aliphatic rings. The molecule has 0 amide bonds. The summed E-state index contributed by atoms with van der Waals surface area (Å²) in [5.74, 6) is 0. The molecule has 0 aromatic heterocycles. The molecule has 0 aliphatic heterocycles. The first kappa shape index (κ1) is 7.33. The molecule has 0 radical (unpaired) electrons. The SMILES string of the molecule is S=PI.[3H][I-]S. The van der Waals surface area contributed by atoms with E-state index in [2.05, 4.69) is 43.6 Å². The van der Waals surface area contributed by atoms with Gasteiger partial charge in [-0.05, 0) is 33.8 Å². The molecule has 0 spiro atoms. The Morgan fingerprint density at radius 2 is 2.40 bits per heavy atom. The normalized spacial score (nSPS) is 8.80. The summed E-state index contributed by atoms with van der Waals surface area (Å²) in [6.45, 7) is 0. The van der Waals surface area contributed by atoms with Crippen molar-refractivity contribution < 1.29 is 21.0 Å². The Labute approximate surface area is 69.3 Å². The molecule has 0 N–H and O–H groups in total. The van der Waals surface area contributed by atoms with E-state index in [9.17, 15) is 0 Å². The fourth-order valence-electron chi connectivity index (χ4n) is 0. The predicted octanol–water partition coefficient (Wildman–Crippen LogP) is -1.14. The zero-order chi connectivity index (χ0) is 5.41. The van der Waals surface area contributed by atoms with Crippen molar-refractivity contribution in [3.05, 3.63) is 0 Å². The van der Waals surface area contributed by atoms with Gasteiger partial charge in [-0.2, -0.15) is 0 Å². The van der Waals surface area contributed by atoms with Crippen LogP contribution >= 0.6 is 36.8 Å². The molecule has 0 fully saturated rings. The zero-order valence-electron chi connectivity index (χ0n) is 3.06. The van der Waals surface area contributed by atoms with Crippen LogP contribution in [0.2, 0.25) is 0 Å². The van der Waals surface area contributed by atoms with Crippen LogP contribution in [0.3, 0.4) is 0 Å². The summed E-state index contributed by atoms with van der Waals surface area (Å²) in [6.07, 6.45) is 0. The third kappa shape index (κ3) is 21.9. The minimum absolute atomic E-state index is 0.466. The average Bonchev–Trinajstić information content (AvgIpc) is 1.39. The topological polar surface area (TPSA) is 0 Å². The molecule has 0 unspecified atom stereocenters. The van der Waals surface area contributed by atoms with Crippen molar-refractivity contribution in [2.24, 2.45) is 0 Å². The van der Waals surface area contributed by atoms with Gasteiger partial charge in [-0.15, -0.1) is 0 Å². The van der Waals surface area contributed by atoms with E-state index >= 15 is 0 Å². The Morgan fingerprint density at radius 3 is 2.40 bits per heavy atom. The van der Waals surface area contributed by atoms with Crippen molar-refractivity contribution in [3.63, 3.8) is 0 Å². The molecular formula is H2I2PS2-. The zero-order valence-corrected chi connectivity index (χ0v) is 8.98. The second-order valence-electron chi connectivity index (χ2n) is 0.0690. The van der Waals surface area contributed by atoms with Gasteiger partial charge in [0.25, 0.3) is 0 Å². The Kier molecular flexibility index (Phi) is 23.8. The van der Waals surface area contributed by atoms with E-state index in [1.165, 1.54) is 0 Å². The third-order valence-corrected chi connectivity index (χ3v) is 0. The molecule has 0 aromatic rings. The van der Waals surface area contributed by atoms with Gasteiger partial charge in [0.15, 0.2) is 0 Å². The van der Waals surface area contributed by atoms with Gasteiger partial charge in [-0.3, -0.25) is 0 Å². The fourth-order valence-corrected chi connectivity index (χ4v) is 0. The maximum atomic E-state index is 6.18. The molecule has 34 valence electrons. The maximum absolute atomic E-state index is 6.18. The molecule has 0 rings (SSSR count). The molecule has 5 heteroatoms. The van der Waals surface area contributed by atoms with Crippen molar-refractivity contribution in [1.82, 2.24) is 0 Å². The van der Waals surface area contributed by atoms with E-state index in [0.717, 1.165) is 5.00 Å². The average molecular weight is 353 g/mol. The molecule has 5 heavy (non-hydrogen) atoms. The van der Waals surface area contributed by atoms with Crippen molar-refractivity contribution in [2.75, 3.05) is 0 Å². The van der Waals surface area contributed by atoms with Crippen LogP contribution in [-0.4, -0.2) is 0.594 Å². The van der Waals surface area contributed by atoms with E-state index in [-0.39, 0.29) is 0 Å². The molecule has 0 atom stereocenters. The van der Waals surface area contributed by atoms with Gasteiger partial charge >= 0.3 is 31.4 Å². The Bertz CT molecular complexity index is 25.5. The minimum atomic E-state index is -0.466. The van der Waals surface area contributed by atoms with Gasteiger partial charge in [0, 0.05) is 5.00 Å². The Morgan fingerprint density at radius 1 is 2.40 bits per heavy atom. The van der Waals surface area contributed by atoms with Crippen LogP contribution in [0.5, 0.6) is 0 Å². The summed E-state index contributed by atoms with van der Waals surface area (Å²) in [6, 6.07) is 0. The number of halogens is 2. The van der Waals surface area contributed by atoms with Crippen LogP contribution in [-0.2, 0) is 11.8 Å². The van der Waals surface area contributed by atoms with Crippen LogP contribution in [0.15, 0.2) is 0 Å². The first-order chi connectivity index (χ1) is 2.83. The van der Waals surface area contributed by atoms with Crippen LogP contribution < -0.4 is 21.0 Å². The van der Waals surface area contributed by atoms with Crippen molar-refractivity contribution in [3.8, 4) is 0 Å². The second-order valence-corrected chi connectivity index (χ2v) is 4.17. The standard InChI is InChI=1S/IPS.H2IS/c1-2-3;1-2/h;1-2H/q;-1/i;1T.